The van der Waals surface area contributed by atoms with Crippen LogP contribution in [-0.2, 0) is 0 Å². The molecule has 9 aromatic rings. The van der Waals surface area contributed by atoms with Crippen molar-refractivity contribution in [1.82, 2.24) is 9.13 Å². The summed E-state index contributed by atoms with van der Waals surface area (Å²) in [6.45, 7) is 0. The smallest absolute Gasteiger partial charge is 0.0795 e. The van der Waals surface area contributed by atoms with Crippen molar-refractivity contribution < 1.29 is 0 Å². The molecule has 0 fully saturated rings. The first kappa shape index (κ1) is 21.6. The highest BCUT2D eigenvalue weighted by Gasteiger charge is 2.24. The predicted molar refractivity (Wildman–Crippen MR) is 170 cm³/mol. The molecule has 2 nitrogen and oxygen atoms in total. The minimum Gasteiger partial charge on any atom is -0.307 e. The average Bonchev–Trinajstić information content (AvgIpc) is 3.55. The molecule has 9 rings (SSSR count). The summed E-state index contributed by atoms with van der Waals surface area (Å²) in [5.74, 6) is 0. The van der Waals surface area contributed by atoms with Crippen molar-refractivity contribution in [2.24, 2.45) is 0 Å². The van der Waals surface area contributed by atoms with Crippen LogP contribution in [0.1, 0.15) is 0 Å². The number of hydrogen-bond donors (Lipinski definition) is 0. The van der Waals surface area contributed by atoms with Gasteiger partial charge in [-0.25, -0.2) is 0 Å². The van der Waals surface area contributed by atoms with Gasteiger partial charge in [0.2, 0.25) is 0 Å². The second-order valence-corrected chi connectivity index (χ2v) is 10.6. The van der Waals surface area contributed by atoms with Crippen LogP contribution < -0.4 is 0 Å². The van der Waals surface area contributed by atoms with Gasteiger partial charge in [0.15, 0.2) is 0 Å². The standard InChI is InChI=1S/C38H24N2/c1-2-14-27(15-3-1)39-33-20-10-8-18-31(33)35-29-16-6-7-17-30(29)36-32-19-9-11-21-34(32)40(38(36)37(35)39)28-23-22-25-12-4-5-13-26(25)24-28/h1-24H. The Kier molecular flexibility index (Phi) is 4.36. The highest BCUT2D eigenvalue weighted by atomic mass is 15.0. The van der Waals surface area contributed by atoms with E-state index in [1.54, 1.807) is 0 Å². The van der Waals surface area contributed by atoms with Gasteiger partial charge < -0.3 is 9.13 Å². The van der Waals surface area contributed by atoms with E-state index in [1.165, 1.54) is 76.5 Å². The molecule has 0 saturated carbocycles. The van der Waals surface area contributed by atoms with E-state index < -0.39 is 0 Å². The van der Waals surface area contributed by atoms with Crippen LogP contribution in [0.5, 0.6) is 0 Å². The molecular weight excluding hydrogens is 484 g/mol. The SMILES string of the molecule is c1ccc(-n2c3ccccc3c3c4ccccc4c4c5ccccc5n(-c5ccc6ccccc6c5)c4c32)cc1. The van der Waals surface area contributed by atoms with E-state index in [2.05, 4.69) is 155 Å². The maximum absolute atomic E-state index is 2.49. The van der Waals surface area contributed by atoms with Gasteiger partial charge in [-0.2, -0.15) is 0 Å². The van der Waals surface area contributed by atoms with Crippen molar-refractivity contribution in [2.75, 3.05) is 0 Å². The Morgan fingerprint density at radius 2 is 0.800 bits per heavy atom. The number of fused-ring (bicyclic) bond motifs is 11. The second-order valence-electron chi connectivity index (χ2n) is 10.6. The zero-order valence-corrected chi connectivity index (χ0v) is 21.8. The van der Waals surface area contributed by atoms with Crippen LogP contribution in [0, 0.1) is 0 Å². The molecule has 0 aliphatic carbocycles. The molecule has 0 N–H and O–H groups in total. The lowest BCUT2D eigenvalue weighted by Crippen LogP contribution is -1.99. The lowest BCUT2D eigenvalue weighted by molar-refractivity contribution is 1.15. The fraction of sp³-hybridized carbons (Fsp3) is 0. The quantitative estimate of drug-likeness (QED) is 0.220. The van der Waals surface area contributed by atoms with E-state index in [-0.39, 0.29) is 0 Å². The molecule has 0 unspecified atom stereocenters. The summed E-state index contributed by atoms with van der Waals surface area (Å²) in [7, 11) is 0. The van der Waals surface area contributed by atoms with Crippen molar-refractivity contribution in [1.29, 1.82) is 0 Å². The fourth-order valence-electron chi connectivity index (χ4n) is 6.82. The number of benzene rings is 7. The Morgan fingerprint density at radius 1 is 0.325 bits per heavy atom. The average molecular weight is 509 g/mol. The summed E-state index contributed by atoms with van der Waals surface area (Å²) < 4.78 is 4.96. The molecule has 0 aliphatic rings. The van der Waals surface area contributed by atoms with E-state index >= 15 is 0 Å². The van der Waals surface area contributed by atoms with Gasteiger partial charge in [-0.1, -0.05) is 109 Å². The number of nitrogens with zero attached hydrogens (tertiary/aromatic N) is 2. The van der Waals surface area contributed by atoms with Crippen LogP contribution in [0.2, 0.25) is 0 Å². The summed E-state index contributed by atoms with van der Waals surface area (Å²) in [4.78, 5) is 0. The van der Waals surface area contributed by atoms with E-state index in [0.717, 1.165) is 0 Å². The molecule has 0 amide bonds. The lowest BCUT2D eigenvalue weighted by Gasteiger charge is -2.14. The van der Waals surface area contributed by atoms with Gasteiger partial charge in [0.1, 0.15) is 0 Å². The summed E-state index contributed by atoms with van der Waals surface area (Å²) in [5, 5.41) is 10.2. The summed E-state index contributed by atoms with van der Waals surface area (Å²) in [5.41, 5.74) is 7.26. The predicted octanol–water partition coefficient (Wildman–Crippen LogP) is 10.2. The van der Waals surface area contributed by atoms with Gasteiger partial charge in [-0.05, 0) is 57.9 Å². The second kappa shape index (κ2) is 8.08. The van der Waals surface area contributed by atoms with Gasteiger partial charge >= 0.3 is 0 Å². The minimum absolute atomic E-state index is 1.17. The molecule has 0 atom stereocenters. The van der Waals surface area contributed by atoms with Gasteiger partial charge in [0.05, 0.1) is 22.1 Å². The summed E-state index contributed by atoms with van der Waals surface area (Å²) in [6, 6.07) is 52.9. The Bertz CT molecular complexity index is 2420. The van der Waals surface area contributed by atoms with Crippen LogP contribution in [-0.4, -0.2) is 9.13 Å². The molecule has 0 spiro atoms. The summed E-state index contributed by atoms with van der Waals surface area (Å²) >= 11 is 0. The Morgan fingerprint density at radius 3 is 1.43 bits per heavy atom. The van der Waals surface area contributed by atoms with Crippen LogP contribution >= 0.6 is 0 Å². The van der Waals surface area contributed by atoms with Crippen LogP contribution in [0.4, 0.5) is 0 Å². The molecule has 0 radical (unpaired) electrons. The molecular formula is C38H24N2. The van der Waals surface area contributed by atoms with E-state index in [4.69, 9.17) is 0 Å². The Labute approximate surface area is 230 Å². The third kappa shape index (κ3) is 2.82. The van der Waals surface area contributed by atoms with Gasteiger partial charge in [0.25, 0.3) is 0 Å². The zero-order valence-electron chi connectivity index (χ0n) is 21.8. The number of para-hydroxylation sites is 3. The van der Waals surface area contributed by atoms with Gasteiger partial charge in [-0.15, -0.1) is 0 Å². The summed E-state index contributed by atoms with van der Waals surface area (Å²) in [6.07, 6.45) is 0. The molecule has 186 valence electrons. The molecule has 7 aromatic carbocycles. The number of aromatic nitrogens is 2. The van der Waals surface area contributed by atoms with Crippen molar-refractivity contribution in [2.45, 2.75) is 0 Å². The largest absolute Gasteiger partial charge is 0.307 e. The third-order valence-corrected chi connectivity index (χ3v) is 8.45. The molecule has 0 bridgehead atoms. The Hall–Kier alpha value is -5.34. The first-order chi connectivity index (χ1) is 19.9. The molecule has 2 aromatic heterocycles. The van der Waals surface area contributed by atoms with E-state index in [1.807, 2.05) is 0 Å². The first-order valence-corrected chi connectivity index (χ1v) is 13.8. The topological polar surface area (TPSA) is 9.86 Å². The van der Waals surface area contributed by atoms with E-state index in [9.17, 15) is 0 Å². The van der Waals surface area contributed by atoms with Crippen molar-refractivity contribution in [3.8, 4) is 11.4 Å². The normalized spacial score (nSPS) is 12.0. The molecule has 2 heterocycles. The molecule has 2 heteroatoms. The monoisotopic (exact) mass is 508 g/mol. The van der Waals surface area contributed by atoms with Crippen LogP contribution in [0.3, 0.4) is 0 Å². The van der Waals surface area contributed by atoms with Crippen molar-refractivity contribution in [3.05, 3.63) is 146 Å². The maximum atomic E-state index is 2.49. The van der Waals surface area contributed by atoms with Gasteiger partial charge in [-0.3, -0.25) is 0 Å². The lowest BCUT2D eigenvalue weighted by atomic mass is 9.98. The van der Waals surface area contributed by atoms with Crippen molar-refractivity contribution >= 4 is 65.2 Å². The fourth-order valence-corrected chi connectivity index (χ4v) is 6.82. The minimum atomic E-state index is 1.17. The number of rotatable bonds is 2. The third-order valence-electron chi connectivity index (χ3n) is 8.45. The molecule has 0 aliphatic heterocycles. The highest BCUT2D eigenvalue weighted by Crippen LogP contribution is 2.46. The highest BCUT2D eigenvalue weighted by molar-refractivity contribution is 6.36. The first-order valence-electron chi connectivity index (χ1n) is 13.8. The molecule has 40 heavy (non-hydrogen) atoms. The van der Waals surface area contributed by atoms with Crippen molar-refractivity contribution in [3.63, 3.8) is 0 Å². The number of hydrogen-bond acceptors (Lipinski definition) is 0. The van der Waals surface area contributed by atoms with Crippen LogP contribution in [0.15, 0.2) is 146 Å². The maximum Gasteiger partial charge on any atom is 0.0795 e. The zero-order chi connectivity index (χ0) is 26.2. The van der Waals surface area contributed by atoms with Crippen LogP contribution in [0.25, 0.3) is 76.5 Å². The van der Waals surface area contributed by atoms with Gasteiger partial charge in [0, 0.05) is 32.9 Å². The van der Waals surface area contributed by atoms with E-state index in [0.29, 0.717) is 0 Å². The molecule has 0 saturated heterocycles. The Balaban J connectivity index is 1.63.